The number of nitrogen functional groups attached to an aromatic ring is 1. The molecule has 0 atom stereocenters. The van der Waals surface area contributed by atoms with Crippen LogP contribution in [-0.4, -0.2) is 28.0 Å². The number of nitrogens with one attached hydrogen (secondary N) is 1. The highest BCUT2D eigenvalue weighted by Gasteiger charge is 2.16. The third-order valence-corrected chi connectivity index (χ3v) is 3.96. The van der Waals surface area contributed by atoms with Gasteiger partial charge in [-0.3, -0.25) is 4.79 Å². The van der Waals surface area contributed by atoms with Gasteiger partial charge in [0.15, 0.2) is 0 Å². The smallest absolute Gasteiger partial charge is 0.306 e. The number of rotatable bonds is 5. The number of aryl methyl sites for hydroxylation is 1. The van der Waals surface area contributed by atoms with Crippen molar-refractivity contribution in [3.63, 3.8) is 0 Å². The van der Waals surface area contributed by atoms with E-state index in [1.54, 1.807) is 13.0 Å². The van der Waals surface area contributed by atoms with Crippen LogP contribution < -0.4 is 10.5 Å². The lowest BCUT2D eigenvalue weighted by atomic mass is 10.2. The average Bonchev–Trinajstić information content (AvgIpc) is 2.27. The molecule has 6 nitrogen and oxygen atoms in total. The van der Waals surface area contributed by atoms with E-state index in [0.29, 0.717) is 11.3 Å². The Kier molecular flexibility index (Phi) is 4.69. The topological polar surface area (TPSA) is 98.5 Å². The highest BCUT2D eigenvalue weighted by molar-refractivity contribution is 7.89. The Balaban J connectivity index is 2.77. The van der Waals surface area contributed by atoms with Gasteiger partial charge in [0.1, 0.15) is 0 Å². The summed E-state index contributed by atoms with van der Waals surface area (Å²) in [4.78, 5) is 11.0. The summed E-state index contributed by atoms with van der Waals surface area (Å²) in [7, 11) is -2.37. The number of anilines is 1. The van der Waals surface area contributed by atoms with Gasteiger partial charge in [-0.25, -0.2) is 13.1 Å². The van der Waals surface area contributed by atoms with Crippen molar-refractivity contribution in [3.8, 4) is 0 Å². The minimum atomic E-state index is -3.62. The van der Waals surface area contributed by atoms with Gasteiger partial charge < -0.3 is 10.5 Å². The van der Waals surface area contributed by atoms with E-state index in [1.807, 2.05) is 0 Å². The third-order valence-electron chi connectivity index (χ3n) is 2.34. The summed E-state index contributed by atoms with van der Waals surface area (Å²) in [6, 6.07) is 4.53. The first-order valence-electron chi connectivity index (χ1n) is 5.29. The number of nitrogens with two attached hydrogens (primary N) is 1. The zero-order valence-electron chi connectivity index (χ0n) is 10.3. The van der Waals surface area contributed by atoms with E-state index in [0.717, 1.165) is 0 Å². The van der Waals surface area contributed by atoms with Crippen molar-refractivity contribution in [1.82, 2.24) is 4.72 Å². The van der Waals surface area contributed by atoms with Crippen molar-refractivity contribution in [3.05, 3.63) is 23.8 Å². The van der Waals surface area contributed by atoms with Crippen LogP contribution in [0.15, 0.2) is 23.1 Å². The first-order valence-corrected chi connectivity index (χ1v) is 6.78. The predicted octanol–water partition coefficient (Wildman–Crippen LogP) is 0.419. The first-order chi connectivity index (χ1) is 8.36. The van der Waals surface area contributed by atoms with Crippen LogP contribution in [0.1, 0.15) is 12.0 Å². The molecule has 0 aromatic heterocycles. The van der Waals surface area contributed by atoms with Crippen LogP contribution in [0.3, 0.4) is 0 Å². The molecule has 0 saturated carbocycles. The molecular formula is C11H16N2O4S. The molecule has 0 heterocycles. The summed E-state index contributed by atoms with van der Waals surface area (Å²) in [5.41, 5.74) is 6.61. The van der Waals surface area contributed by atoms with Crippen molar-refractivity contribution < 1.29 is 17.9 Å². The van der Waals surface area contributed by atoms with Crippen molar-refractivity contribution >= 4 is 21.7 Å². The Morgan fingerprint density at radius 1 is 1.44 bits per heavy atom. The summed E-state index contributed by atoms with van der Waals surface area (Å²) in [5.74, 6) is -0.466. The van der Waals surface area contributed by atoms with E-state index in [-0.39, 0.29) is 17.9 Å². The molecule has 0 saturated heterocycles. The van der Waals surface area contributed by atoms with Crippen LogP contribution >= 0.6 is 0 Å². The van der Waals surface area contributed by atoms with Gasteiger partial charge in [0.25, 0.3) is 0 Å². The maximum absolute atomic E-state index is 11.9. The van der Waals surface area contributed by atoms with Crippen LogP contribution in [0.4, 0.5) is 5.69 Å². The molecule has 1 aromatic rings. The number of methoxy groups -OCH3 is 1. The fourth-order valence-corrected chi connectivity index (χ4v) is 2.70. The minimum absolute atomic E-state index is 0.00117. The molecule has 0 amide bonds. The molecule has 1 aromatic carbocycles. The SMILES string of the molecule is COC(=O)CCNS(=O)(=O)c1ccc(N)cc1C. The van der Waals surface area contributed by atoms with Crippen LogP contribution in [0, 0.1) is 6.92 Å². The second-order valence-electron chi connectivity index (χ2n) is 3.75. The lowest BCUT2D eigenvalue weighted by Gasteiger charge is -2.09. The largest absolute Gasteiger partial charge is 0.469 e. The molecule has 0 aliphatic carbocycles. The highest BCUT2D eigenvalue weighted by Crippen LogP contribution is 2.17. The Morgan fingerprint density at radius 3 is 2.67 bits per heavy atom. The summed E-state index contributed by atoms with van der Waals surface area (Å²) in [5, 5.41) is 0. The van der Waals surface area contributed by atoms with Gasteiger partial charge in [-0.2, -0.15) is 0 Å². The number of benzene rings is 1. The molecule has 0 fully saturated rings. The summed E-state index contributed by atoms with van der Waals surface area (Å²) < 4.78 is 30.6. The molecule has 18 heavy (non-hydrogen) atoms. The summed E-state index contributed by atoms with van der Waals surface area (Å²) >= 11 is 0. The van der Waals surface area contributed by atoms with Gasteiger partial charge in [-0.1, -0.05) is 0 Å². The number of carbonyl (C=O) groups is 1. The summed E-state index contributed by atoms with van der Waals surface area (Å²) in [6.45, 7) is 1.66. The lowest BCUT2D eigenvalue weighted by molar-refractivity contribution is -0.140. The first kappa shape index (κ1) is 14.5. The van der Waals surface area contributed by atoms with Crippen LogP contribution in [-0.2, 0) is 19.6 Å². The highest BCUT2D eigenvalue weighted by atomic mass is 32.2. The quantitative estimate of drug-likeness (QED) is 0.598. The van der Waals surface area contributed by atoms with Crippen molar-refractivity contribution in [1.29, 1.82) is 0 Å². The maximum atomic E-state index is 11.9. The van der Waals surface area contributed by atoms with Crippen molar-refractivity contribution in [2.45, 2.75) is 18.2 Å². The standard InChI is InChI=1S/C11H16N2O4S/c1-8-7-9(12)3-4-10(8)18(15,16)13-6-5-11(14)17-2/h3-4,7,13H,5-6,12H2,1-2H3. The van der Waals surface area contributed by atoms with Crippen molar-refractivity contribution in [2.75, 3.05) is 19.4 Å². The fourth-order valence-electron chi connectivity index (χ4n) is 1.44. The Labute approximate surface area is 106 Å². The van der Waals surface area contributed by atoms with Gasteiger partial charge in [-0.15, -0.1) is 0 Å². The fraction of sp³-hybridized carbons (Fsp3) is 0.364. The second-order valence-corrected chi connectivity index (χ2v) is 5.48. The van der Waals surface area contributed by atoms with Crippen LogP contribution in [0.2, 0.25) is 0 Å². The molecule has 0 aliphatic heterocycles. The van der Waals surface area contributed by atoms with Gasteiger partial charge in [-0.05, 0) is 30.7 Å². The minimum Gasteiger partial charge on any atom is -0.469 e. The van der Waals surface area contributed by atoms with E-state index in [1.165, 1.54) is 19.2 Å². The monoisotopic (exact) mass is 272 g/mol. The van der Waals surface area contributed by atoms with Crippen LogP contribution in [0.25, 0.3) is 0 Å². The van der Waals surface area contributed by atoms with Gasteiger partial charge >= 0.3 is 5.97 Å². The van der Waals surface area contributed by atoms with Gasteiger partial charge in [0.2, 0.25) is 10.0 Å². The Morgan fingerprint density at radius 2 is 2.11 bits per heavy atom. The maximum Gasteiger partial charge on any atom is 0.306 e. The number of sulfonamides is 1. The number of hydrogen-bond acceptors (Lipinski definition) is 5. The number of ether oxygens (including phenoxy) is 1. The molecule has 0 bridgehead atoms. The van der Waals surface area contributed by atoms with E-state index in [4.69, 9.17) is 5.73 Å². The van der Waals surface area contributed by atoms with E-state index < -0.39 is 16.0 Å². The molecule has 3 N–H and O–H groups in total. The molecule has 1 rings (SSSR count). The molecule has 0 aliphatic rings. The molecule has 0 spiro atoms. The summed E-state index contributed by atoms with van der Waals surface area (Å²) in [6.07, 6.45) is -0.0102. The molecule has 0 radical (unpaired) electrons. The van der Waals surface area contributed by atoms with E-state index in [2.05, 4.69) is 9.46 Å². The van der Waals surface area contributed by atoms with E-state index in [9.17, 15) is 13.2 Å². The van der Waals surface area contributed by atoms with E-state index >= 15 is 0 Å². The second kappa shape index (κ2) is 5.83. The van der Waals surface area contributed by atoms with Gasteiger partial charge in [0.05, 0.1) is 18.4 Å². The Hall–Kier alpha value is -1.60. The number of hydrogen-bond donors (Lipinski definition) is 2. The molecular weight excluding hydrogens is 256 g/mol. The number of esters is 1. The zero-order chi connectivity index (χ0) is 13.8. The Bertz CT molecular complexity index is 540. The van der Waals surface area contributed by atoms with Crippen molar-refractivity contribution in [2.24, 2.45) is 0 Å². The normalized spacial score (nSPS) is 11.2. The zero-order valence-corrected chi connectivity index (χ0v) is 11.1. The average molecular weight is 272 g/mol. The number of carbonyl (C=O) groups excluding carboxylic acids is 1. The van der Waals surface area contributed by atoms with Gasteiger partial charge in [0, 0.05) is 12.2 Å². The van der Waals surface area contributed by atoms with Crippen LogP contribution in [0.5, 0.6) is 0 Å². The molecule has 0 unspecified atom stereocenters. The predicted molar refractivity (Wildman–Crippen MR) is 67.4 cm³/mol. The molecule has 7 heteroatoms. The molecule has 100 valence electrons. The third kappa shape index (κ3) is 3.71. The lowest BCUT2D eigenvalue weighted by Crippen LogP contribution is -2.27.